The van der Waals surface area contributed by atoms with Crippen LogP contribution in [-0.2, 0) is 4.79 Å². The van der Waals surface area contributed by atoms with Crippen molar-refractivity contribution in [2.45, 2.75) is 26.7 Å². The molecule has 110 valence electrons. The summed E-state index contributed by atoms with van der Waals surface area (Å²) in [7, 11) is 0. The Morgan fingerprint density at radius 3 is 2.85 bits per heavy atom. The number of likely N-dealkylation sites (tertiary alicyclic amines) is 1. The van der Waals surface area contributed by atoms with Gasteiger partial charge in [0, 0.05) is 19.5 Å². The molecule has 0 unspecified atom stereocenters. The van der Waals surface area contributed by atoms with Crippen molar-refractivity contribution in [2.75, 3.05) is 30.7 Å². The Labute approximate surface area is 119 Å². The number of carbonyl (C=O) groups is 1. The maximum Gasteiger partial charge on any atom is 0.225 e. The molecule has 1 aromatic rings. The second kappa shape index (κ2) is 5.79. The molecular formula is C15H22FN3O. The molecule has 2 rings (SSSR count). The Bertz CT molecular complexity index is 502. The van der Waals surface area contributed by atoms with Crippen molar-refractivity contribution in [1.82, 2.24) is 4.90 Å². The minimum Gasteiger partial charge on any atom is -0.397 e. The number of nitrogens with one attached hydrogen (secondary N) is 1. The van der Waals surface area contributed by atoms with E-state index in [1.165, 1.54) is 24.6 Å². The molecule has 0 aromatic heterocycles. The van der Waals surface area contributed by atoms with E-state index >= 15 is 0 Å². The predicted octanol–water partition coefficient (Wildman–Crippen LogP) is 2.47. The fraction of sp³-hybridized carbons (Fsp3) is 0.533. The average Bonchev–Trinajstić information content (AvgIpc) is 2.70. The third kappa shape index (κ3) is 3.93. The molecule has 5 heteroatoms. The summed E-state index contributed by atoms with van der Waals surface area (Å²) in [5.74, 6) is -0.493. The minimum absolute atomic E-state index is 0.0898. The molecule has 1 aromatic carbocycles. The van der Waals surface area contributed by atoms with Gasteiger partial charge in [-0.05, 0) is 36.6 Å². The van der Waals surface area contributed by atoms with Gasteiger partial charge in [-0.1, -0.05) is 13.8 Å². The molecule has 1 fully saturated rings. The molecule has 0 radical (unpaired) electrons. The molecule has 0 bridgehead atoms. The summed E-state index contributed by atoms with van der Waals surface area (Å²) in [4.78, 5) is 14.2. The van der Waals surface area contributed by atoms with Gasteiger partial charge in [0.2, 0.25) is 5.91 Å². The van der Waals surface area contributed by atoms with E-state index in [0.29, 0.717) is 17.5 Å². The number of benzene rings is 1. The van der Waals surface area contributed by atoms with Crippen molar-refractivity contribution < 1.29 is 9.18 Å². The van der Waals surface area contributed by atoms with E-state index in [4.69, 9.17) is 5.73 Å². The lowest BCUT2D eigenvalue weighted by atomic mass is 9.93. The smallest absolute Gasteiger partial charge is 0.225 e. The van der Waals surface area contributed by atoms with Crippen LogP contribution in [0, 0.1) is 11.2 Å². The zero-order chi connectivity index (χ0) is 14.8. The first-order chi connectivity index (χ1) is 9.35. The van der Waals surface area contributed by atoms with Gasteiger partial charge in [-0.3, -0.25) is 4.79 Å². The van der Waals surface area contributed by atoms with Gasteiger partial charge in [-0.2, -0.15) is 0 Å². The lowest BCUT2D eigenvalue weighted by Gasteiger charge is -2.19. The van der Waals surface area contributed by atoms with E-state index in [2.05, 4.69) is 24.1 Å². The largest absolute Gasteiger partial charge is 0.397 e. The van der Waals surface area contributed by atoms with Gasteiger partial charge in [0.15, 0.2) is 0 Å². The fourth-order valence-electron chi connectivity index (χ4n) is 2.53. The van der Waals surface area contributed by atoms with Crippen LogP contribution in [0.1, 0.15) is 26.7 Å². The number of rotatable bonds is 4. The van der Waals surface area contributed by atoms with Crippen LogP contribution in [0.15, 0.2) is 18.2 Å². The normalized spacial score (nSPS) is 18.1. The standard InChI is InChI=1S/C15H22FN3O/c1-15(2)6-8-19(10-15)7-5-14(20)18-13-4-3-11(16)9-12(13)17/h3-4,9H,5-8,10,17H2,1-2H3,(H,18,20). The topological polar surface area (TPSA) is 58.4 Å². The molecule has 20 heavy (non-hydrogen) atoms. The van der Waals surface area contributed by atoms with E-state index in [-0.39, 0.29) is 11.6 Å². The number of nitrogen functional groups attached to an aromatic ring is 1. The average molecular weight is 279 g/mol. The number of hydrogen-bond donors (Lipinski definition) is 2. The molecule has 3 N–H and O–H groups in total. The first-order valence-corrected chi connectivity index (χ1v) is 6.93. The predicted molar refractivity (Wildman–Crippen MR) is 78.9 cm³/mol. The monoisotopic (exact) mass is 279 g/mol. The molecule has 4 nitrogen and oxygen atoms in total. The van der Waals surface area contributed by atoms with Crippen LogP contribution in [0.25, 0.3) is 0 Å². The zero-order valence-electron chi connectivity index (χ0n) is 12.1. The summed E-state index contributed by atoms with van der Waals surface area (Å²) < 4.78 is 12.9. The molecule has 0 aliphatic carbocycles. The molecule has 1 aliphatic rings. The van der Waals surface area contributed by atoms with E-state index in [1.807, 2.05) is 0 Å². The molecule has 1 heterocycles. The first kappa shape index (κ1) is 14.8. The van der Waals surface area contributed by atoms with Gasteiger partial charge in [0.1, 0.15) is 5.82 Å². The van der Waals surface area contributed by atoms with E-state index in [1.54, 1.807) is 0 Å². The van der Waals surface area contributed by atoms with Crippen molar-refractivity contribution in [3.63, 3.8) is 0 Å². The Morgan fingerprint density at radius 1 is 1.50 bits per heavy atom. The highest BCUT2D eigenvalue weighted by atomic mass is 19.1. The van der Waals surface area contributed by atoms with E-state index in [9.17, 15) is 9.18 Å². The summed E-state index contributed by atoms with van der Waals surface area (Å²) in [6, 6.07) is 3.98. The van der Waals surface area contributed by atoms with Crippen molar-refractivity contribution in [3.05, 3.63) is 24.0 Å². The fourth-order valence-corrected chi connectivity index (χ4v) is 2.53. The molecule has 0 atom stereocenters. The van der Waals surface area contributed by atoms with Crippen molar-refractivity contribution in [3.8, 4) is 0 Å². The van der Waals surface area contributed by atoms with Crippen LogP contribution in [0.5, 0.6) is 0 Å². The molecule has 0 spiro atoms. The maximum absolute atomic E-state index is 12.9. The Hall–Kier alpha value is -1.62. The number of anilines is 2. The molecule has 0 saturated carbocycles. The first-order valence-electron chi connectivity index (χ1n) is 6.93. The van der Waals surface area contributed by atoms with Crippen LogP contribution >= 0.6 is 0 Å². The number of amides is 1. The summed E-state index contributed by atoms with van der Waals surface area (Å²) in [6.45, 7) is 7.30. The van der Waals surface area contributed by atoms with Crippen LogP contribution in [0.4, 0.5) is 15.8 Å². The minimum atomic E-state index is -0.403. The number of hydrogen-bond acceptors (Lipinski definition) is 3. The summed E-state index contributed by atoms with van der Waals surface area (Å²) in [5, 5.41) is 2.72. The van der Waals surface area contributed by atoms with Gasteiger partial charge >= 0.3 is 0 Å². The van der Waals surface area contributed by atoms with Crippen molar-refractivity contribution >= 4 is 17.3 Å². The summed E-state index contributed by atoms with van der Waals surface area (Å²) in [6.07, 6.45) is 1.59. The lowest BCUT2D eigenvalue weighted by Crippen LogP contribution is -2.27. The van der Waals surface area contributed by atoms with Crippen LogP contribution < -0.4 is 11.1 Å². The van der Waals surface area contributed by atoms with Crippen LogP contribution in [0.3, 0.4) is 0 Å². The Kier molecular flexibility index (Phi) is 4.28. The quantitative estimate of drug-likeness (QED) is 0.832. The Balaban J connectivity index is 1.81. The highest BCUT2D eigenvalue weighted by Gasteiger charge is 2.28. The summed E-state index contributed by atoms with van der Waals surface area (Å²) >= 11 is 0. The molecule has 1 saturated heterocycles. The van der Waals surface area contributed by atoms with Crippen molar-refractivity contribution in [2.24, 2.45) is 5.41 Å². The second-order valence-corrected chi connectivity index (χ2v) is 6.22. The van der Waals surface area contributed by atoms with Crippen LogP contribution in [-0.4, -0.2) is 30.4 Å². The van der Waals surface area contributed by atoms with Crippen molar-refractivity contribution in [1.29, 1.82) is 0 Å². The van der Waals surface area contributed by atoms with Crippen LogP contribution in [0.2, 0.25) is 0 Å². The third-order valence-corrected chi connectivity index (χ3v) is 3.70. The Morgan fingerprint density at radius 2 is 2.25 bits per heavy atom. The molecular weight excluding hydrogens is 257 g/mol. The number of nitrogens with two attached hydrogens (primary N) is 1. The number of nitrogens with zero attached hydrogens (tertiary/aromatic N) is 1. The SMILES string of the molecule is CC1(C)CCN(CCC(=O)Nc2ccc(F)cc2N)C1. The highest BCUT2D eigenvalue weighted by Crippen LogP contribution is 2.28. The van der Waals surface area contributed by atoms with E-state index < -0.39 is 5.82 Å². The van der Waals surface area contributed by atoms with Gasteiger partial charge in [-0.25, -0.2) is 4.39 Å². The third-order valence-electron chi connectivity index (χ3n) is 3.70. The highest BCUT2D eigenvalue weighted by molar-refractivity contribution is 5.93. The van der Waals surface area contributed by atoms with Gasteiger partial charge in [0.05, 0.1) is 11.4 Å². The number of halogens is 1. The maximum atomic E-state index is 12.9. The van der Waals surface area contributed by atoms with Gasteiger partial charge in [0.25, 0.3) is 0 Å². The number of carbonyl (C=O) groups excluding carboxylic acids is 1. The molecule has 1 amide bonds. The molecule has 1 aliphatic heterocycles. The zero-order valence-corrected chi connectivity index (χ0v) is 12.1. The van der Waals surface area contributed by atoms with Gasteiger partial charge in [-0.15, -0.1) is 0 Å². The second-order valence-electron chi connectivity index (χ2n) is 6.22. The lowest BCUT2D eigenvalue weighted by molar-refractivity contribution is -0.116. The van der Waals surface area contributed by atoms with Gasteiger partial charge < -0.3 is 16.0 Å². The summed E-state index contributed by atoms with van der Waals surface area (Å²) in [5.41, 5.74) is 6.72. The van der Waals surface area contributed by atoms with E-state index in [0.717, 1.165) is 19.6 Å².